The summed E-state index contributed by atoms with van der Waals surface area (Å²) < 4.78 is 1.69. The molecule has 0 aromatic heterocycles. The van der Waals surface area contributed by atoms with E-state index in [2.05, 4.69) is 13.0 Å². The smallest absolute Gasteiger partial charge is 0.0633 e. The molecule has 0 saturated heterocycles. The fourth-order valence-corrected chi connectivity index (χ4v) is 1.10. The average Bonchev–Trinajstić information content (AvgIpc) is 1.89. The third-order valence-electron chi connectivity index (χ3n) is 1.41. The summed E-state index contributed by atoms with van der Waals surface area (Å²) in [5.74, 6) is 0. The Kier molecular flexibility index (Phi) is 2.17. The molecule has 0 radical (unpaired) electrons. The molecular weight excluding hydrogens is 134 g/mol. The van der Waals surface area contributed by atoms with Gasteiger partial charge in [-0.15, -0.1) is 0 Å². The van der Waals surface area contributed by atoms with E-state index in [9.17, 15) is 0 Å². The molecule has 1 aliphatic rings. The van der Waals surface area contributed by atoms with Crippen molar-refractivity contribution >= 4 is 11.8 Å². The van der Waals surface area contributed by atoms with E-state index in [0.29, 0.717) is 6.04 Å². The van der Waals surface area contributed by atoms with Crippen LogP contribution in [0.15, 0.2) is 24.4 Å². The molecule has 1 rings (SSSR count). The first-order valence-corrected chi connectivity index (χ1v) is 3.47. The van der Waals surface area contributed by atoms with Crippen molar-refractivity contribution < 1.29 is 0 Å². The fraction of sp³-hybridized carbons (Fsp3) is 0.429. The van der Waals surface area contributed by atoms with E-state index in [1.807, 2.05) is 18.4 Å². The van der Waals surface area contributed by atoms with E-state index in [0.717, 1.165) is 6.42 Å². The van der Waals surface area contributed by atoms with Gasteiger partial charge in [-0.1, -0.05) is 19.1 Å². The van der Waals surface area contributed by atoms with Crippen LogP contribution in [0.2, 0.25) is 0 Å². The number of rotatable bonds is 1. The second kappa shape index (κ2) is 2.92. The van der Waals surface area contributed by atoms with Crippen LogP contribution >= 0.6 is 11.8 Å². The maximum Gasteiger partial charge on any atom is 0.0633 e. The Labute approximate surface area is 60.7 Å². The summed E-state index contributed by atoms with van der Waals surface area (Å²) in [7, 11) is 0. The summed E-state index contributed by atoms with van der Waals surface area (Å²) in [4.78, 5) is 0. The average molecular weight is 144 g/mol. The lowest BCUT2D eigenvalue weighted by Crippen LogP contribution is -2.20. The molecule has 50 valence electrons. The zero-order chi connectivity index (χ0) is 6.69. The molecule has 0 bridgehead atoms. The zero-order valence-electron chi connectivity index (χ0n) is 5.42. The van der Waals surface area contributed by atoms with Crippen molar-refractivity contribution in [2.24, 2.45) is 0 Å². The number of halogens is 1. The number of hydrogen-bond acceptors (Lipinski definition) is 1. The van der Waals surface area contributed by atoms with E-state index < -0.39 is 0 Å². The van der Waals surface area contributed by atoms with Crippen molar-refractivity contribution in [3.05, 3.63) is 24.4 Å². The first-order valence-electron chi connectivity index (χ1n) is 3.13. The van der Waals surface area contributed by atoms with Gasteiger partial charge >= 0.3 is 0 Å². The van der Waals surface area contributed by atoms with Gasteiger partial charge in [-0.05, 0) is 12.5 Å². The van der Waals surface area contributed by atoms with Gasteiger partial charge in [0.05, 0.1) is 6.04 Å². The van der Waals surface area contributed by atoms with Gasteiger partial charge in [0, 0.05) is 18.0 Å². The third-order valence-corrected chi connectivity index (χ3v) is 1.77. The van der Waals surface area contributed by atoms with Gasteiger partial charge in [0.15, 0.2) is 0 Å². The Morgan fingerprint density at radius 1 is 1.56 bits per heavy atom. The fourth-order valence-electron chi connectivity index (χ4n) is 0.828. The highest BCUT2D eigenvalue weighted by Crippen LogP contribution is 2.13. The summed E-state index contributed by atoms with van der Waals surface area (Å²) in [5.41, 5.74) is 0. The van der Waals surface area contributed by atoms with Gasteiger partial charge in [-0.2, -0.15) is 0 Å². The molecule has 0 aliphatic carbocycles. The third kappa shape index (κ3) is 1.49. The van der Waals surface area contributed by atoms with Crippen LogP contribution in [-0.4, -0.2) is 10.5 Å². The molecule has 0 aromatic rings. The van der Waals surface area contributed by atoms with Crippen LogP contribution in [0.3, 0.4) is 0 Å². The number of allylic oxidation sites excluding steroid dienone is 2. The molecule has 9 heavy (non-hydrogen) atoms. The van der Waals surface area contributed by atoms with Crippen LogP contribution in [0, 0.1) is 0 Å². The lowest BCUT2D eigenvalue weighted by atomic mass is 10.2. The van der Waals surface area contributed by atoms with E-state index in [4.69, 9.17) is 11.8 Å². The molecule has 0 aromatic carbocycles. The van der Waals surface area contributed by atoms with Crippen LogP contribution in [0.5, 0.6) is 0 Å². The molecule has 1 unspecified atom stereocenters. The topological polar surface area (TPSA) is 3.24 Å². The maximum atomic E-state index is 5.78. The number of nitrogens with zero attached hydrogens (tertiary/aromatic N) is 1. The molecule has 2 heteroatoms. The van der Waals surface area contributed by atoms with Gasteiger partial charge in [0.1, 0.15) is 0 Å². The standard InChI is InChI=1S/C7H10ClN/c1-2-7-5-3-4-6-9(7)8/h3-7H,2H2,1H3. The molecule has 1 aliphatic heterocycles. The SMILES string of the molecule is CCC1C=CC=CN1Cl. The first-order chi connectivity index (χ1) is 4.34. The van der Waals surface area contributed by atoms with E-state index in [1.54, 1.807) is 4.42 Å². The van der Waals surface area contributed by atoms with E-state index in [1.165, 1.54) is 0 Å². The Balaban J connectivity index is 2.55. The highest BCUT2D eigenvalue weighted by Gasteiger charge is 2.07. The molecule has 1 nitrogen and oxygen atoms in total. The molecule has 1 heterocycles. The van der Waals surface area contributed by atoms with Crippen LogP contribution < -0.4 is 0 Å². The van der Waals surface area contributed by atoms with Crippen molar-refractivity contribution in [2.75, 3.05) is 0 Å². The summed E-state index contributed by atoms with van der Waals surface area (Å²) in [6.07, 6.45) is 8.97. The van der Waals surface area contributed by atoms with Crippen molar-refractivity contribution in [2.45, 2.75) is 19.4 Å². The van der Waals surface area contributed by atoms with Crippen LogP contribution in [0.25, 0.3) is 0 Å². The van der Waals surface area contributed by atoms with Gasteiger partial charge in [0.2, 0.25) is 0 Å². The normalized spacial score (nSPS) is 25.1. The van der Waals surface area contributed by atoms with Gasteiger partial charge in [0.25, 0.3) is 0 Å². The van der Waals surface area contributed by atoms with Crippen LogP contribution in [0.4, 0.5) is 0 Å². The summed E-state index contributed by atoms with van der Waals surface area (Å²) in [5, 5.41) is 0. The minimum absolute atomic E-state index is 0.386. The van der Waals surface area contributed by atoms with Crippen LogP contribution in [0.1, 0.15) is 13.3 Å². The monoisotopic (exact) mass is 143 g/mol. The maximum absolute atomic E-state index is 5.78. The molecule has 0 saturated carbocycles. The molecule has 0 N–H and O–H groups in total. The zero-order valence-corrected chi connectivity index (χ0v) is 6.17. The molecular formula is C7H10ClN. The van der Waals surface area contributed by atoms with Crippen molar-refractivity contribution in [3.8, 4) is 0 Å². The lowest BCUT2D eigenvalue weighted by molar-refractivity contribution is 0.484. The van der Waals surface area contributed by atoms with Gasteiger partial charge in [-0.25, -0.2) is 0 Å². The predicted octanol–water partition coefficient (Wildman–Crippen LogP) is 2.30. The first kappa shape index (κ1) is 6.69. The van der Waals surface area contributed by atoms with Crippen molar-refractivity contribution in [3.63, 3.8) is 0 Å². The minimum atomic E-state index is 0.386. The largest absolute Gasteiger partial charge is 0.286 e. The molecule has 1 atom stereocenters. The molecule has 0 spiro atoms. The van der Waals surface area contributed by atoms with Crippen molar-refractivity contribution in [1.29, 1.82) is 0 Å². The Morgan fingerprint density at radius 3 is 2.78 bits per heavy atom. The van der Waals surface area contributed by atoms with Gasteiger partial charge in [-0.3, -0.25) is 4.42 Å². The highest BCUT2D eigenvalue weighted by molar-refractivity contribution is 6.14. The highest BCUT2D eigenvalue weighted by atomic mass is 35.5. The summed E-state index contributed by atoms with van der Waals surface area (Å²) in [6.45, 7) is 2.11. The Morgan fingerprint density at radius 2 is 2.33 bits per heavy atom. The molecule has 0 fully saturated rings. The minimum Gasteiger partial charge on any atom is -0.286 e. The van der Waals surface area contributed by atoms with E-state index >= 15 is 0 Å². The predicted molar refractivity (Wildman–Crippen MR) is 40.1 cm³/mol. The van der Waals surface area contributed by atoms with Crippen LogP contribution in [-0.2, 0) is 0 Å². The molecule has 0 amide bonds. The summed E-state index contributed by atoms with van der Waals surface area (Å²) >= 11 is 5.78. The quantitative estimate of drug-likeness (QED) is 0.510. The lowest BCUT2D eigenvalue weighted by Gasteiger charge is -2.20. The Bertz CT molecular complexity index is 140. The number of hydrogen-bond donors (Lipinski definition) is 0. The van der Waals surface area contributed by atoms with E-state index in [-0.39, 0.29) is 0 Å². The Hall–Kier alpha value is -0.430. The van der Waals surface area contributed by atoms with Gasteiger partial charge < -0.3 is 0 Å². The summed E-state index contributed by atoms with van der Waals surface area (Å²) in [6, 6.07) is 0.386. The second-order valence-electron chi connectivity index (χ2n) is 2.05. The van der Waals surface area contributed by atoms with Crippen molar-refractivity contribution in [1.82, 2.24) is 4.42 Å². The second-order valence-corrected chi connectivity index (χ2v) is 2.44.